The first-order valence-electron chi connectivity index (χ1n) is 17.2. The lowest BCUT2D eigenvalue weighted by Gasteiger charge is -2.44. The van der Waals surface area contributed by atoms with E-state index in [4.69, 9.17) is 23.7 Å². The molecule has 0 saturated carbocycles. The maximum Gasteiger partial charge on any atom is 0.325 e. The van der Waals surface area contributed by atoms with Crippen LogP contribution in [0.25, 0.3) is 11.1 Å². The highest BCUT2D eigenvalue weighted by atomic mass is 16.7. The van der Waals surface area contributed by atoms with Gasteiger partial charge in [0.1, 0.15) is 6.54 Å². The standard InChI is InChI=1S/C38H47N3O8/c1-3-45-34(43)23-40-37(44)39-22-31-6-4-5-7-32(31)28-12-14-30(15-13-28)36-48-33(24-41-18-16-38(17-19-41)46-20-21-47-38)26(2)35(49-36)29-10-8-27(25-42)9-11-29/h4-15,26,33,35-36,42H,3,16-25H2,1-2H3,(H2,39,40,44)/t26-,33+,35+,36+/m1/s1. The van der Waals surface area contributed by atoms with E-state index in [-0.39, 0.29) is 44.4 Å². The maximum atomic E-state index is 12.3. The molecule has 4 atom stereocenters. The number of hydrogen-bond acceptors (Lipinski definition) is 9. The summed E-state index contributed by atoms with van der Waals surface area (Å²) in [6.07, 6.45) is 0.835. The summed E-state index contributed by atoms with van der Waals surface area (Å²) < 4.78 is 30.2. The van der Waals surface area contributed by atoms with Gasteiger partial charge in [0, 0.05) is 50.5 Å². The monoisotopic (exact) mass is 673 g/mol. The summed E-state index contributed by atoms with van der Waals surface area (Å²) >= 11 is 0. The third-order valence-corrected chi connectivity index (χ3v) is 9.64. The molecular weight excluding hydrogens is 626 g/mol. The molecule has 49 heavy (non-hydrogen) atoms. The Labute approximate surface area is 287 Å². The Balaban J connectivity index is 1.15. The summed E-state index contributed by atoms with van der Waals surface area (Å²) in [5.41, 5.74) is 5.73. The summed E-state index contributed by atoms with van der Waals surface area (Å²) in [7, 11) is 0. The lowest BCUT2D eigenvalue weighted by atomic mass is 9.89. The average molecular weight is 674 g/mol. The fourth-order valence-corrected chi connectivity index (χ4v) is 6.82. The van der Waals surface area contributed by atoms with Crippen molar-refractivity contribution in [1.29, 1.82) is 0 Å². The van der Waals surface area contributed by atoms with Gasteiger partial charge >= 0.3 is 12.0 Å². The molecule has 3 aromatic carbocycles. The van der Waals surface area contributed by atoms with Gasteiger partial charge in [-0.25, -0.2) is 4.79 Å². The van der Waals surface area contributed by atoms with E-state index in [0.29, 0.717) is 13.2 Å². The van der Waals surface area contributed by atoms with Crippen LogP contribution < -0.4 is 10.6 Å². The number of amides is 2. The number of urea groups is 1. The third-order valence-electron chi connectivity index (χ3n) is 9.64. The van der Waals surface area contributed by atoms with Gasteiger partial charge < -0.3 is 44.3 Å². The third kappa shape index (κ3) is 8.67. The number of carbonyl (C=O) groups is 2. The van der Waals surface area contributed by atoms with Gasteiger partial charge in [-0.1, -0.05) is 79.7 Å². The van der Waals surface area contributed by atoms with Crippen LogP contribution >= 0.6 is 0 Å². The van der Waals surface area contributed by atoms with Crippen LogP contribution in [0.2, 0.25) is 0 Å². The quantitative estimate of drug-likeness (QED) is 0.245. The van der Waals surface area contributed by atoms with Gasteiger partial charge in [0.2, 0.25) is 0 Å². The fourth-order valence-electron chi connectivity index (χ4n) is 6.82. The Bertz CT molecular complexity index is 1530. The van der Waals surface area contributed by atoms with E-state index in [2.05, 4.69) is 22.5 Å². The summed E-state index contributed by atoms with van der Waals surface area (Å²) in [4.78, 5) is 26.3. The number of esters is 1. The van der Waals surface area contributed by atoms with Crippen molar-refractivity contribution in [2.75, 3.05) is 46.0 Å². The number of ether oxygens (including phenoxy) is 5. The van der Waals surface area contributed by atoms with Crippen LogP contribution in [0.15, 0.2) is 72.8 Å². The Morgan fingerprint density at radius 3 is 2.31 bits per heavy atom. The first-order chi connectivity index (χ1) is 23.9. The minimum atomic E-state index is -0.574. The van der Waals surface area contributed by atoms with Gasteiger partial charge in [0.25, 0.3) is 0 Å². The second-order valence-electron chi connectivity index (χ2n) is 12.9. The summed E-state index contributed by atoms with van der Waals surface area (Å²) in [5.74, 6) is -0.825. The molecule has 3 fully saturated rings. The number of aliphatic hydroxyl groups is 1. The number of likely N-dealkylation sites (tertiary alicyclic amines) is 1. The highest BCUT2D eigenvalue weighted by Crippen LogP contribution is 2.43. The number of hydrogen-bond donors (Lipinski definition) is 3. The van der Waals surface area contributed by atoms with E-state index in [0.717, 1.165) is 65.9 Å². The topological polar surface area (TPSA) is 128 Å². The molecule has 3 aromatic rings. The molecule has 11 nitrogen and oxygen atoms in total. The molecule has 6 rings (SSSR count). The predicted molar refractivity (Wildman–Crippen MR) is 182 cm³/mol. The number of nitrogens with one attached hydrogen (secondary N) is 2. The van der Waals surface area contributed by atoms with E-state index >= 15 is 0 Å². The molecular formula is C38H47N3O8. The van der Waals surface area contributed by atoms with Gasteiger partial charge in [0.15, 0.2) is 12.1 Å². The van der Waals surface area contributed by atoms with E-state index in [9.17, 15) is 14.7 Å². The molecule has 1 spiro atoms. The molecule has 0 aromatic heterocycles. The predicted octanol–water partition coefficient (Wildman–Crippen LogP) is 4.84. The molecule has 3 N–H and O–H groups in total. The number of aliphatic hydroxyl groups excluding tert-OH is 1. The van der Waals surface area contributed by atoms with E-state index in [1.807, 2.05) is 72.8 Å². The van der Waals surface area contributed by atoms with Gasteiger partial charge in [-0.15, -0.1) is 0 Å². The summed E-state index contributed by atoms with van der Waals surface area (Å²) in [6.45, 7) is 8.11. The number of benzene rings is 3. The molecule has 262 valence electrons. The lowest BCUT2D eigenvalue weighted by Crippen LogP contribution is -2.50. The molecule has 0 aliphatic carbocycles. The van der Waals surface area contributed by atoms with Crippen LogP contribution in [0, 0.1) is 5.92 Å². The van der Waals surface area contributed by atoms with Crippen molar-refractivity contribution in [3.05, 3.63) is 95.1 Å². The molecule has 11 heteroatoms. The average Bonchev–Trinajstić information content (AvgIpc) is 3.60. The first-order valence-corrected chi connectivity index (χ1v) is 17.2. The molecule has 3 aliphatic rings. The summed E-state index contributed by atoms with van der Waals surface area (Å²) in [6, 6.07) is 23.6. The van der Waals surface area contributed by atoms with Gasteiger partial charge in [0.05, 0.1) is 38.6 Å². The Morgan fingerprint density at radius 2 is 1.61 bits per heavy atom. The van der Waals surface area contributed by atoms with E-state index in [1.165, 1.54) is 0 Å². The molecule has 3 saturated heterocycles. The largest absolute Gasteiger partial charge is 0.465 e. The number of piperidine rings is 1. The number of rotatable bonds is 11. The highest BCUT2D eigenvalue weighted by Gasteiger charge is 2.43. The zero-order valence-electron chi connectivity index (χ0n) is 28.3. The van der Waals surface area contributed by atoms with Gasteiger partial charge in [-0.2, -0.15) is 0 Å². The SMILES string of the molecule is CCOC(=O)CNC(=O)NCc1ccccc1-c1ccc([C@H]2O[C@@H](CN3CCC4(CC3)OCCO4)[C@@H](C)[C@@H](c3ccc(CO)cc3)O2)cc1. The van der Waals surface area contributed by atoms with Crippen LogP contribution in [-0.4, -0.2) is 79.9 Å². The van der Waals surface area contributed by atoms with Crippen molar-refractivity contribution < 1.29 is 38.4 Å². The minimum Gasteiger partial charge on any atom is -0.465 e. The van der Waals surface area contributed by atoms with Crippen molar-refractivity contribution in [3.8, 4) is 11.1 Å². The molecule has 0 radical (unpaired) electrons. The second-order valence-corrected chi connectivity index (χ2v) is 12.9. The van der Waals surface area contributed by atoms with Crippen LogP contribution in [0.1, 0.15) is 61.3 Å². The van der Waals surface area contributed by atoms with Crippen molar-refractivity contribution in [3.63, 3.8) is 0 Å². The van der Waals surface area contributed by atoms with Crippen LogP contribution in [-0.2, 0) is 41.6 Å². The van der Waals surface area contributed by atoms with Crippen LogP contribution in [0.3, 0.4) is 0 Å². The zero-order chi connectivity index (χ0) is 34.2. The second kappa shape index (κ2) is 16.2. The van der Waals surface area contributed by atoms with Gasteiger partial charge in [-0.05, 0) is 34.7 Å². The fraction of sp³-hybridized carbons (Fsp3) is 0.474. The summed E-state index contributed by atoms with van der Waals surface area (Å²) in [5, 5.41) is 15.0. The Morgan fingerprint density at radius 1 is 0.918 bits per heavy atom. The number of nitrogens with zero attached hydrogens (tertiary/aromatic N) is 1. The highest BCUT2D eigenvalue weighted by molar-refractivity contribution is 5.81. The Kier molecular flexibility index (Phi) is 11.6. The van der Waals surface area contributed by atoms with E-state index in [1.54, 1.807) is 6.92 Å². The van der Waals surface area contributed by atoms with Crippen LogP contribution in [0.4, 0.5) is 4.79 Å². The van der Waals surface area contributed by atoms with Gasteiger partial charge in [-0.3, -0.25) is 4.79 Å². The normalized spacial score (nSPS) is 23.7. The van der Waals surface area contributed by atoms with Crippen LogP contribution in [0.5, 0.6) is 0 Å². The van der Waals surface area contributed by atoms with Crippen molar-refractivity contribution in [2.45, 2.75) is 64.1 Å². The molecule has 2 amide bonds. The molecule has 0 unspecified atom stereocenters. The Hall–Kier alpha value is -3.84. The van der Waals surface area contributed by atoms with Crippen molar-refractivity contribution in [2.24, 2.45) is 5.92 Å². The van der Waals surface area contributed by atoms with Crippen molar-refractivity contribution in [1.82, 2.24) is 15.5 Å². The number of carbonyl (C=O) groups excluding carboxylic acids is 2. The zero-order valence-corrected chi connectivity index (χ0v) is 28.3. The van der Waals surface area contributed by atoms with E-state index < -0.39 is 24.1 Å². The molecule has 3 heterocycles. The molecule has 3 aliphatic heterocycles. The molecule has 0 bridgehead atoms. The maximum absolute atomic E-state index is 12.3. The smallest absolute Gasteiger partial charge is 0.325 e. The lowest BCUT2D eigenvalue weighted by molar-refractivity contribution is -0.278. The van der Waals surface area contributed by atoms with Crippen molar-refractivity contribution >= 4 is 12.0 Å². The minimum absolute atomic E-state index is 0.00613. The first kappa shape index (κ1) is 35.0.